The predicted octanol–water partition coefficient (Wildman–Crippen LogP) is 2.66. The Balaban J connectivity index is 2.17. The van der Waals surface area contributed by atoms with E-state index in [1.807, 2.05) is 0 Å². The zero-order chi connectivity index (χ0) is 15.4. The van der Waals surface area contributed by atoms with Gasteiger partial charge in [0.15, 0.2) is 0 Å². The van der Waals surface area contributed by atoms with Crippen molar-refractivity contribution in [3.63, 3.8) is 0 Å². The molecule has 0 aliphatic carbocycles. The molecule has 2 rings (SSSR count). The molecule has 0 aromatic carbocycles. The van der Waals surface area contributed by atoms with Gasteiger partial charge >= 0.3 is 5.97 Å². The van der Waals surface area contributed by atoms with Crippen LogP contribution in [-0.4, -0.2) is 39.6 Å². The number of carboxylic acids is 1. The number of carboxylic acid groups (broad SMARTS) is 1. The van der Waals surface area contributed by atoms with E-state index in [1.165, 1.54) is 4.90 Å². The quantitative estimate of drug-likeness (QED) is 0.902. The Morgan fingerprint density at radius 1 is 1.43 bits per heavy atom. The van der Waals surface area contributed by atoms with Gasteiger partial charge in [0.2, 0.25) is 5.76 Å². The molecule has 0 bridgehead atoms. The number of carbonyl (C=O) groups is 2. The second kappa shape index (κ2) is 6.74. The number of amides is 1. The molecule has 0 saturated carbocycles. The maximum Gasteiger partial charge on any atom is 0.326 e. The van der Waals surface area contributed by atoms with Crippen LogP contribution in [-0.2, 0) is 4.79 Å². The largest absolute Gasteiger partial charge is 0.480 e. The van der Waals surface area contributed by atoms with Crippen LogP contribution in [0.1, 0.15) is 68.1 Å². The second-order valence-corrected chi connectivity index (χ2v) is 5.48. The number of piperidine rings is 1. The summed E-state index contributed by atoms with van der Waals surface area (Å²) in [5.74, 6) is -0.911. The van der Waals surface area contributed by atoms with Gasteiger partial charge in [-0.15, -0.1) is 0 Å². The van der Waals surface area contributed by atoms with E-state index in [0.29, 0.717) is 13.0 Å². The fourth-order valence-electron chi connectivity index (χ4n) is 2.86. The van der Waals surface area contributed by atoms with Gasteiger partial charge in [-0.25, -0.2) is 4.79 Å². The second-order valence-electron chi connectivity index (χ2n) is 5.48. The van der Waals surface area contributed by atoms with Gasteiger partial charge in [-0.3, -0.25) is 4.79 Å². The average molecular weight is 294 g/mol. The van der Waals surface area contributed by atoms with Gasteiger partial charge < -0.3 is 14.5 Å². The van der Waals surface area contributed by atoms with E-state index < -0.39 is 12.0 Å². The number of aromatic nitrogens is 1. The minimum Gasteiger partial charge on any atom is -0.480 e. The van der Waals surface area contributed by atoms with Crippen LogP contribution in [0.5, 0.6) is 0 Å². The summed E-state index contributed by atoms with van der Waals surface area (Å²) < 4.78 is 5.16. The summed E-state index contributed by atoms with van der Waals surface area (Å²) in [6, 6.07) is 0.904. The highest BCUT2D eigenvalue weighted by molar-refractivity contribution is 5.94. The van der Waals surface area contributed by atoms with Crippen LogP contribution in [0, 0.1) is 0 Å². The van der Waals surface area contributed by atoms with Crippen LogP contribution in [0.3, 0.4) is 0 Å². The zero-order valence-electron chi connectivity index (χ0n) is 12.5. The van der Waals surface area contributed by atoms with Crippen molar-refractivity contribution in [2.75, 3.05) is 6.54 Å². The third-order valence-electron chi connectivity index (χ3n) is 4.19. The topological polar surface area (TPSA) is 83.6 Å². The monoisotopic (exact) mass is 294 g/mol. The molecule has 1 unspecified atom stereocenters. The number of hydrogen-bond donors (Lipinski definition) is 1. The van der Waals surface area contributed by atoms with Crippen LogP contribution in [0.4, 0.5) is 0 Å². The highest BCUT2D eigenvalue weighted by Crippen LogP contribution is 2.25. The Kier molecular flexibility index (Phi) is 4.98. The first-order valence-electron chi connectivity index (χ1n) is 7.58. The van der Waals surface area contributed by atoms with Gasteiger partial charge in [-0.05, 0) is 32.1 Å². The molecule has 0 radical (unpaired) electrons. The van der Waals surface area contributed by atoms with Crippen molar-refractivity contribution in [1.82, 2.24) is 10.1 Å². The SMILES string of the molecule is CCC(CC)c1cc(C(=O)N2CCCCC2C(=O)O)on1. The molecule has 1 aromatic heterocycles. The Labute approximate surface area is 124 Å². The van der Waals surface area contributed by atoms with Crippen LogP contribution < -0.4 is 0 Å². The van der Waals surface area contributed by atoms with Crippen LogP contribution >= 0.6 is 0 Å². The fourth-order valence-corrected chi connectivity index (χ4v) is 2.86. The highest BCUT2D eigenvalue weighted by Gasteiger charge is 2.34. The highest BCUT2D eigenvalue weighted by atomic mass is 16.5. The summed E-state index contributed by atoms with van der Waals surface area (Å²) in [6.45, 7) is 4.59. The third kappa shape index (κ3) is 3.25. The molecule has 116 valence electrons. The molecule has 1 atom stereocenters. The Bertz CT molecular complexity index is 508. The number of hydrogen-bond acceptors (Lipinski definition) is 4. The van der Waals surface area contributed by atoms with E-state index in [1.54, 1.807) is 6.07 Å². The number of aliphatic carboxylic acids is 1. The molecule has 6 nitrogen and oxygen atoms in total. The lowest BCUT2D eigenvalue weighted by atomic mass is 9.99. The number of rotatable bonds is 5. The van der Waals surface area contributed by atoms with Gasteiger partial charge in [-0.1, -0.05) is 19.0 Å². The number of likely N-dealkylation sites (tertiary alicyclic amines) is 1. The summed E-state index contributed by atoms with van der Waals surface area (Å²) in [7, 11) is 0. The molecular formula is C15H22N2O4. The van der Waals surface area contributed by atoms with Crippen molar-refractivity contribution in [2.45, 2.75) is 57.9 Å². The average Bonchev–Trinajstić information content (AvgIpc) is 2.97. The van der Waals surface area contributed by atoms with Crippen molar-refractivity contribution < 1.29 is 19.2 Å². The van der Waals surface area contributed by atoms with Crippen LogP contribution in [0.25, 0.3) is 0 Å². The first-order valence-corrected chi connectivity index (χ1v) is 7.58. The summed E-state index contributed by atoms with van der Waals surface area (Å²) in [5.41, 5.74) is 0.771. The first kappa shape index (κ1) is 15.5. The minimum absolute atomic E-state index is 0.144. The van der Waals surface area contributed by atoms with Crippen molar-refractivity contribution in [1.29, 1.82) is 0 Å². The summed E-state index contributed by atoms with van der Waals surface area (Å²) >= 11 is 0. The van der Waals surface area contributed by atoms with Crippen LogP contribution in [0.2, 0.25) is 0 Å². The standard InChI is InChI=1S/C15H22N2O4/c1-3-10(4-2)11-9-13(21-16-11)14(18)17-8-6-5-7-12(17)15(19)20/h9-10,12H,3-8H2,1-2H3,(H,19,20). The molecule has 1 N–H and O–H groups in total. The fraction of sp³-hybridized carbons (Fsp3) is 0.667. The molecule has 1 amide bonds. The third-order valence-corrected chi connectivity index (χ3v) is 4.19. The lowest BCUT2D eigenvalue weighted by Crippen LogP contribution is -2.47. The van der Waals surface area contributed by atoms with Crippen molar-refractivity contribution in [3.8, 4) is 0 Å². The van der Waals surface area contributed by atoms with E-state index in [0.717, 1.165) is 31.4 Å². The Morgan fingerprint density at radius 2 is 2.14 bits per heavy atom. The van der Waals surface area contributed by atoms with Gasteiger partial charge in [0, 0.05) is 18.5 Å². The predicted molar refractivity (Wildman–Crippen MR) is 76.1 cm³/mol. The number of carbonyl (C=O) groups excluding carboxylic acids is 1. The maximum absolute atomic E-state index is 12.5. The van der Waals surface area contributed by atoms with Gasteiger partial charge in [-0.2, -0.15) is 0 Å². The molecule has 2 heterocycles. The minimum atomic E-state index is -0.956. The Morgan fingerprint density at radius 3 is 2.76 bits per heavy atom. The molecular weight excluding hydrogens is 272 g/mol. The normalized spacial score (nSPS) is 19.0. The Hall–Kier alpha value is -1.85. The van der Waals surface area contributed by atoms with Gasteiger partial charge in [0.25, 0.3) is 5.91 Å². The van der Waals surface area contributed by atoms with E-state index in [9.17, 15) is 14.7 Å². The molecule has 6 heteroatoms. The molecule has 21 heavy (non-hydrogen) atoms. The summed E-state index contributed by atoms with van der Waals surface area (Å²) in [4.78, 5) is 25.1. The lowest BCUT2D eigenvalue weighted by molar-refractivity contribution is -0.143. The van der Waals surface area contributed by atoms with E-state index >= 15 is 0 Å². The van der Waals surface area contributed by atoms with E-state index in [2.05, 4.69) is 19.0 Å². The number of nitrogens with zero attached hydrogens (tertiary/aromatic N) is 2. The van der Waals surface area contributed by atoms with Crippen molar-refractivity contribution in [3.05, 3.63) is 17.5 Å². The zero-order valence-corrected chi connectivity index (χ0v) is 12.5. The smallest absolute Gasteiger partial charge is 0.326 e. The van der Waals surface area contributed by atoms with Crippen molar-refractivity contribution >= 4 is 11.9 Å². The van der Waals surface area contributed by atoms with Crippen molar-refractivity contribution in [2.24, 2.45) is 0 Å². The molecule has 1 aliphatic heterocycles. The molecule has 1 aromatic rings. The van der Waals surface area contributed by atoms with E-state index in [4.69, 9.17) is 4.52 Å². The van der Waals surface area contributed by atoms with Gasteiger partial charge in [0.1, 0.15) is 6.04 Å². The van der Waals surface area contributed by atoms with Gasteiger partial charge in [0.05, 0.1) is 5.69 Å². The maximum atomic E-state index is 12.5. The summed E-state index contributed by atoms with van der Waals surface area (Å²) in [6.07, 6.45) is 4.00. The molecule has 1 saturated heterocycles. The first-order chi connectivity index (χ1) is 10.1. The molecule has 0 spiro atoms. The molecule has 1 fully saturated rings. The summed E-state index contributed by atoms with van der Waals surface area (Å²) in [5, 5.41) is 13.2. The van der Waals surface area contributed by atoms with Crippen LogP contribution in [0.15, 0.2) is 10.6 Å². The van der Waals surface area contributed by atoms with E-state index in [-0.39, 0.29) is 17.6 Å². The molecule has 1 aliphatic rings. The lowest BCUT2D eigenvalue weighted by Gasteiger charge is -2.32.